The van der Waals surface area contributed by atoms with Gasteiger partial charge in [-0.2, -0.15) is 4.98 Å². The molecule has 190 valence electrons. The quantitative estimate of drug-likeness (QED) is 0.380. The van der Waals surface area contributed by atoms with Gasteiger partial charge in [0.05, 0.1) is 24.9 Å². The maximum atomic E-state index is 12.7. The Morgan fingerprint density at radius 2 is 1.88 bits per heavy atom. The molecule has 1 aliphatic rings. The van der Waals surface area contributed by atoms with Crippen molar-refractivity contribution >= 4 is 24.3 Å². The fourth-order valence-electron chi connectivity index (χ4n) is 3.55. The summed E-state index contributed by atoms with van der Waals surface area (Å²) in [6, 6.07) is 0. The maximum absolute atomic E-state index is 12.7. The standard InChI is InChI=1S/C21H38N3O7PS/c1-13-12-24(19(25)23-17(13)22)18-16(28-10-9-27-8)15(14(29-18)11-20(2,3)4)30-32(26,33)31-21(5,6)7/h12,14-16,18H,9-11H2,1-8H3,(H,26,33)(H2,22,23,25)/t14-,15+,16?,18-,32?/m1/s1. The molecule has 33 heavy (non-hydrogen) atoms. The van der Waals surface area contributed by atoms with Crippen molar-refractivity contribution in [1.82, 2.24) is 9.55 Å². The minimum absolute atomic E-state index is 0.148. The number of nitrogens with zero attached hydrogens (tertiary/aromatic N) is 2. The zero-order valence-corrected chi connectivity index (χ0v) is 22.4. The lowest BCUT2D eigenvalue weighted by atomic mass is 9.87. The molecule has 1 aliphatic heterocycles. The van der Waals surface area contributed by atoms with E-state index in [1.807, 2.05) is 0 Å². The summed E-state index contributed by atoms with van der Waals surface area (Å²) in [5.41, 5.74) is 4.98. The van der Waals surface area contributed by atoms with Gasteiger partial charge in [-0.3, -0.25) is 9.09 Å². The van der Waals surface area contributed by atoms with Gasteiger partial charge in [0, 0.05) is 18.9 Å². The Morgan fingerprint density at radius 1 is 1.24 bits per heavy atom. The van der Waals surface area contributed by atoms with Crippen LogP contribution in [0, 0.1) is 12.3 Å². The van der Waals surface area contributed by atoms with Crippen LogP contribution >= 0.6 is 6.72 Å². The number of rotatable bonds is 9. The molecular formula is C21H38N3O7PS. The molecule has 1 saturated heterocycles. The van der Waals surface area contributed by atoms with E-state index < -0.39 is 42.5 Å². The monoisotopic (exact) mass is 507 g/mol. The molecular weight excluding hydrogens is 469 g/mol. The van der Waals surface area contributed by atoms with Crippen molar-refractivity contribution < 1.29 is 28.2 Å². The van der Waals surface area contributed by atoms with Crippen LogP contribution in [0.3, 0.4) is 0 Å². The molecule has 1 aromatic heterocycles. The molecule has 1 fully saturated rings. The first-order chi connectivity index (χ1) is 15.0. The van der Waals surface area contributed by atoms with E-state index in [-0.39, 0.29) is 17.8 Å². The molecule has 0 radical (unpaired) electrons. The van der Waals surface area contributed by atoms with E-state index in [0.29, 0.717) is 18.6 Å². The Labute approximate surface area is 201 Å². The SMILES string of the molecule is COCCOC1[C@@H](OP(O)(=S)OC(C)(C)C)[C@@H](CC(C)(C)C)O[C@H]1n1cc(C)c(N)nc1=O. The average molecular weight is 508 g/mol. The van der Waals surface area contributed by atoms with Gasteiger partial charge in [0.1, 0.15) is 18.0 Å². The average Bonchev–Trinajstić information content (AvgIpc) is 2.91. The number of aryl methyl sites for hydroxylation is 1. The summed E-state index contributed by atoms with van der Waals surface area (Å²) in [6.07, 6.45) is -0.853. The first kappa shape index (κ1) is 28.3. The van der Waals surface area contributed by atoms with E-state index in [2.05, 4.69) is 25.8 Å². The minimum atomic E-state index is -3.67. The zero-order valence-electron chi connectivity index (χ0n) is 20.7. The lowest BCUT2D eigenvalue weighted by molar-refractivity contribution is -0.0807. The maximum Gasteiger partial charge on any atom is 0.351 e. The van der Waals surface area contributed by atoms with Crippen molar-refractivity contribution in [3.8, 4) is 0 Å². The molecule has 0 aliphatic carbocycles. The van der Waals surface area contributed by atoms with Crippen molar-refractivity contribution in [2.45, 2.75) is 85.0 Å². The van der Waals surface area contributed by atoms with Crippen molar-refractivity contribution in [2.75, 3.05) is 26.1 Å². The summed E-state index contributed by atoms with van der Waals surface area (Å²) in [6.45, 7) is 10.1. The summed E-state index contributed by atoms with van der Waals surface area (Å²) in [5.74, 6) is 0.148. The smallest absolute Gasteiger partial charge is 0.351 e. The predicted octanol–water partition coefficient (Wildman–Crippen LogP) is 2.92. The summed E-state index contributed by atoms with van der Waals surface area (Å²) in [5, 5.41) is 0. The number of hydrogen-bond acceptors (Lipinski definition) is 9. The van der Waals surface area contributed by atoms with Crippen molar-refractivity contribution in [2.24, 2.45) is 5.41 Å². The fraction of sp³-hybridized carbons (Fsp3) is 0.810. The molecule has 2 rings (SSSR count). The third-order valence-corrected chi connectivity index (χ3v) is 6.56. The third kappa shape index (κ3) is 8.36. The largest absolute Gasteiger partial charge is 0.383 e. The Morgan fingerprint density at radius 3 is 2.42 bits per heavy atom. The van der Waals surface area contributed by atoms with Crippen LogP contribution < -0.4 is 11.4 Å². The van der Waals surface area contributed by atoms with Crippen LogP contribution in [0.1, 0.15) is 59.8 Å². The van der Waals surface area contributed by atoms with Gasteiger partial charge in [0.2, 0.25) is 0 Å². The van der Waals surface area contributed by atoms with Gasteiger partial charge >= 0.3 is 12.4 Å². The van der Waals surface area contributed by atoms with Crippen LogP contribution in [0.5, 0.6) is 0 Å². The topological polar surface area (TPSA) is 127 Å². The number of methoxy groups -OCH3 is 1. The number of hydrogen-bond donors (Lipinski definition) is 2. The molecule has 12 heteroatoms. The van der Waals surface area contributed by atoms with Crippen LogP contribution in [-0.2, 0) is 35.1 Å². The highest BCUT2D eigenvalue weighted by atomic mass is 32.5. The van der Waals surface area contributed by atoms with E-state index in [1.54, 1.807) is 41.0 Å². The molecule has 3 N–H and O–H groups in total. The molecule has 0 saturated carbocycles. The van der Waals surface area contributed by atoms with Crippen molar-refractivity contribution in [3.05, 3.63) is 22.2 Å². The summed E-state index contributed by atoms with van der Waals surface area (Å²) < 4.78 is 30.6. The number of nitrogen functional groups attached to an aromatic ring is 1. The first-order valence-electron chi connectivity index (χ1n) is 10.9. The van der Waals surface area contributed by atoms with Gasteiger partial charge in [-0.1, -0.05) is 20.8 Å². The molecule has 10 nitrogen and oxygen atoms in total. The van der Waals surface area contributed by atoms with E-state index in [4.69, 9.17) is 40.8 Å². The summed E-state index contributed by atoms with van der Waals surface area (Å²) in [7, 11) is 1.56. The van der Waals surface area contributed by atoms with Gasteiger partial charge in [-0.15, -0.1) is 0 Å². The Kier molecular flexibility index (Phi) is 9.26. The van der Waals surface area contributed by atoms with Gasteiger partial charge in [-0.25, -0.2) is 4.79 Å². The highest BCUT2D eigenvalue weighted by molar-refractivity contribution is 8.07. The molecule has 2 unspecified atom stereocenters. The second-order valence-electron chi connectivity index (χ2n) is 10.4. The lowest BCUT2D eigenvalue weighted by Crippen LogP contribution is -2.40. The zero-order chi connectivity index (χ0) is 25.2. The minimum Gasteiger partial charge on any atom is -0.383 e. The van der Waals surface area contributed by atoms with Crippen LogP contribution in [0.4, 0.5) is 5.82 Å². The van der Waals surface area contributed by atoms with Crippen molar-refractivity contribution in [1.29, 1.82) is 0 Å². The lowest BCUT2D eigenvalue weighted by Gasteiger charge is -2.32. The second kappa shape index (κ2) is 10.8. The van der Waals surface area contributed by atoms with Crippen LogP contribution in [0.25, 0.3) is 0 Å². The Balaban J connectivity index is 2.50. The van der Waals surface area contributed by atoms with Gasteiger partial charge < -0.3 is 29.4 Å². The molecule has 0 spiro atoms. The highest BCUT2D eigenvalue weighted by Gasteiger charge is 2.51. The summed E-state index contributed by atoms with van der Waals surface area (Å²) >= 11 is 5.32. The van der Waals surface area contributed by atoms with E-state index in [9.17, 15) is 9.69 Å². The van der Waals surface area contributed by atoms with Crippen LogP contribution in [0.2, 0.25) is 0 Å². The van der Waals surface area contributed by atoms with E-state index in [0.717, 1.165) is 0 Å². The third-order valence-electron chi connectivity index (χ3n) is 4.79. The van der Waals surface area contributed by atoms with Crippen molar-refractivity contribution in [3.63, 3.8) is 0 Å². The Bertz CT molecular complexity index is 913. The number of anilines is 1. The summed E-state index contributed by atoms with van der Waals surface area (Å²) in [4.78, 5) is 27.5. The molecule has 5 atom stereocenters. The molecule has 0 bridgehead atoms. The first-order valence-corrected chi connectivity index (χ1v) is 13.5. The van der Waals surface area contributed by atoms with Crippen LogP contribution in [-0.4, -0.2) is 58.7 Å². The molecule has 0 aromatic carbocycles. The Hall–Kier alpha value is -0.910. The van der Waals surface area contributed by atoms with Crippen LogP contribution in [0.15, 0.2) is 11.0 Å². The molecule has 2 heterocycles. The highest BCUT2D eigenvalue weighted by Crippen LogP contribution is 2.52. The molecule has 1 aromatic rings. The van der Waals surface area contributed by atoms with E-state index in [1.165, 1.54) is 4.57 Å². The normalized spacial score (nSPS) is 25.8. The predicted molar refractivity (Wildman–Crippen MR) is 129 cm³/mol. The van der Waals surface area contributed by atoms with Gasteiger partial charge in [-0.05, 0) is 51.3 Å². The second-order valence-corrected chi connectivity index (χ2v) is 13.1. The fourth-order valence-corrected chi connectivity index (χ4v) is 5.82. The van der Waals surface area contributed by atoms with Gasteiger partial charge in [0.15, 0.2) is 6.23 Å². The number of ether oxygens (including phenoxy) is 3. The number of aromatic nitrogens is 2. The molecule has 0 amide bonds. The number of nitrogens with two attached hydrogens (primary N) is 1. The van der Waals surface area contributed by atoms with E-state index >= 15 is 0 Å². The van der Waals surface area contributed by atoms with Gasteiger partial charge in [0.25, 0.3) is 0 Å².